The summed E-state index contributed by atoms with van der Waals surface area (Å²) >= 11 is 0. The third-order valence-corrected chi connectivity index (χ3v) is 3.98. The highest BCUT2D eigenvalue weighted by Crippen LogP contribution is 2.22. The van der Waals surface area contributed by atoms with Crippen LogP contribution in [0.25, 0.3) is 0 Å². The van der Waals surface area contributed by atoms with Crippen molar-refractivity contribution < 1.29 is 24.2 Å². The Hall–Kier alpha value is -2.08. The predicted octanol–water partition coefficient (Wildman–Crippen LogP) is 1.84. The van der Waals surface area contributed by atoms with Gasteiger partial charge in [-0.2, -0.15) is 0 Å². The number of aliphatic hydroxyl groups is 1. The molecule has 1 aromatic rings. The molecule has 1 amide bonds. The molecule has 0 aliphatic heterocycles. The second-order valence-corrected chi connectivity index (χ2v) is 5.67. The maximum atomic E-state index is 12.5. The van der Waals surface area contributed by atoms with Crippen molar-refractivity contribution in [1.29, 1.82) is 0 Å². The fraction of sp³-hybridized carbons (Fsp3) is 0.556. The van der Waals surface area contributed by atoms with E-state index in [0.29, 0.717) is 12.2 Å². The zero-order valence-corrected chi connectivity index (χ0v) is 14.9. The van der Waals surface area contributed by atoms with Gasteiger partial charge in [0.25, 0.3) is 5.91 Å². The van der Waals surface area contributed by atoms with Crippen LogP contribution in [0.3, 0.4) is 0 Å². The third kappa shape index (κ3) is 5.53. The number of amides is 1. The highest BCUT2D eigenvalue weighted by atomic mass is 16.5. The molecule has 0 bridgehead atoms. The molecule has 0 saturated heterocycles. The van der Waals surface area contributed by atoms with E-state index >= 15 is 0 Å². The predicted molar refractivity (Wildman–Crippen MR) is 90.9 cm³/mol. The maximum Gasteiger partial charge on any atom is 0.307 e. The van der Waals surface area contributed by atoms with Crippen molar-refractivity contribution in [3.05, 3.63) is 29.3 Å². The molecule has 1 unspecified atom stereocenters. The number of hydrogen-bond donors (Lipinski definition) is 1. The van der Waals surface area contributed by atoms with E-state index in [1.807, 2.05) is 39.0 Å². The van der Waals surface area contributed by atoms with Gasteiger partial charge in [-0.1, -0.05) is 25.1 Å². The molecule has 0 aromatic heterocycles. The molecule has 6 nitrogen and oxygen atoms in total. The Morgan fingerprint density at radius 3 is 2.38 bits per heavy atom. The average molecular weight is 337 g/mol. The quantitative estimate of drug-likeness (QED) is 0.696. The van der Waals surface area contributed by atoms with Gasteiger partial charge in [-0.3, -0.25) is 9.59 Å². The van der Waals surface area contributed by atoms with Gasteiger partial charge in [0.05, 0.1) is 26.2 Å². The lowest BCUT2D eigenvalue weighted by Gasteiger charge is -2.29. The summed E-state index contributed by atoms with van der Waals surface area (Å²) in [6, 6.07) is 5.43. The van der Waals surface area contributed by atoms with Crippen LogP contribution < -0.4 is 4.74 Å². The summed E-state index contributed by atoms with van der Waals surface area (Å²) in [5, 5.41) is 9.49. The first-order valence-corrected chi connectivity index (χ1v) is 8.10. The van der Waals surface area contributed by atoms with Crippen LogP contribution in [-0.4, -0.2) is 54.8 Å². The van der Waals surface area contributed by atoms with Crippen molar-refractivity contribution in [2.24, 2.45) is 0 Å². The summed E-state index contributed by atoms with van der Waals surface area (Å²) in [5.41, 5.74) is 1.91. The zero-order valence-electron chi connectivity index (χ0n) is 14.9. The normalized spacial score (nSPS) is 11.7. The second-order valence-electron chi connectivity index (χ2n) is 5.67. The lowest BCUT2D eigenvalue weighted by molar-refractivity contribution is -0.143. The van der Waals surface area contributed by atoms with E-state index < -0.39 is 5.97 Å². The monoisotopic (exact) mass is 337 g/mol. The molecule has 1 N–H and O–H groups in total. The molecule has 1 rings (SSSR count). The number of esters is 1. The SMILES string of the molecule is CCC(CO)N(CCC(=O)OC)C(=O)COc1c(C)cccc1C. The van der Waals surface area contributed by atoms with Crippen molar-refractivity contribution in [3.8, 4) is 5.75 Å². The Bertz CT molecular complexity index is 534. The van der Waals surface area contributed by atoms with Gasteiger partial charge < -0.3 is 19.5 Å². The molecule has 0 saturated carbocycles. The van der Waals surface area contributed by atoms with Gasteiger partial charge >= 0.3 is 5.97 Å². The van der Waals surface area contributed by atoms with Crippen molar-refractivity contribution in [1.82, 2.24) is 4.90 Å². The number of carbonyl (C=O) groups excluding carboxylic acids is 2. The van der Waals surface area contributed by atoms with E-state index in [-0.39, 0.29) is 38.1 Å². The summed E-state index contributed by atoms with van der Waals surface area (Å²) in [4.78, 5) is 25.4. The van der Waals surface area contributed by atoms with E-state index in [1.165, 1.54) is 12.0 Å². The number of para-hydroxylation sites is 1. The first-order chi connectivity index (χ1) is 11.4. The minimum atomic E-state index is -0.392. The number of carbonyl (C=O) groups is 2. The lowest BCUT2D eigenvalue weighted by Crippen LogP contribution is -2.45. The van der Waals surface area contributed by atoms with Crippen LogP contribution in [0.1, 0.15) is 30.9 Å². The number of hydrogen-bond acceptors (Lipinski definition) is 5. The molecular weight excluding hydrogens is 310 g/mol. The van der Waals surface area contributed by atoms with Crippen LogP contribution in [0.4, 0.5) is 0 Å². The number of aliphatic hydroxyl groups excluding tert-OH is 1. The van der Waals surface area contributed by atoms with Crippen molar-refractivity contribution in [2.45, 2.75) is 39.7 Å². The van der Waals surface area contributed by atoms with Gasteiger partial charge in [0.15, 0.2) is 6.61 Å². The Kier molecular flexibility index (Phi) is 8.26. The van der Waals surface area contributed by atoms with Gasteiger partial charge in [-0.25, -0.2) is 0 Å². The second kappa shape index (κ2) is 9.93. The molecule has 0 aliphatic carbocycles. The van der Waals surface area contributed by atoms with Crippen LogP contribution >= 0.6 is 0 Å². The summed E-state index contributed by atoms with van der Waals surface area (Å²) in [5.74, 6) is 0.0366. The number of methoxy groups -OCH3 is 1. The molecule has 1 atom stereocenters. The first kappa shape index (κ1) is 20.0. The number of benzene rings is 1. The fourth-order valence-electron chi connectivity index (χ4n) is 2.52. The molecular formula is C18H27NO5. The van der Waals surface area contributed by atoms with Gasteiger partial charge in [-0.05, 0) is 31.4 Å². The summed E-state index contributed by atoms with van der Waals surface area (Å²) in [6.45, 7) is 5.62. The van der Waals surface area contributed by atoms with E-state index in [4.69, 9.17) is 4.74 Å². The highest BCUT2D eigenvalue weighted by Gasteiger charge is 2.23. The molecule has 134 valence electrons. The molecule has 0 fully saturated rings. The molecule has 0 heterocycles. The van der Waals surface area contributed by atoms with E-state index in [2.05, 4.69) is 4.74 Å². The number of ether oxygens (including phenoxy) is 2. The van der Waals surface area contributed by atoms with E-state index in [0.717, 1.165) is 11.1 Å². The Morgan fingerprint density at radius 2 is 1.88 bits per heavy atom. The largest absolute Gasteiger partial charge is 0.483 e. The van der Waals surface area contributed by atoms with Crippen LogP contribution in [0, 0.1) is 13.8 Å². The van der Waals surface area contributed by atoms with Gasteiger partial charge in [0.2, 0.25) is 0 Å². The molecule has 1 aromatic carbocycles. The van der Waals surface area contributed by atoms with Crippen LogP contribution in [-0.2, 0) is 14.3 Å². The standard InChI is InChI=1S/C18H27NO5/c1-5-15(11-20)19(10-9-17(22)23-4)16(21)12-24-18-13(2)7-6-8-14(18)3/h6-8,15,20H,5,9-12H2,1-4H3. The Morgan fingerprint density at radius 1 is 1.25 bits per heavy atom. The van der Waals surface area contributed by atoms with Crippen LogP contribution in [0.15, 0.2) is 18.2 Å². The van der Waals surface area contributed by atoms with Crippen LogP contribution in [0.5, 0.6) is 5.75 Å². The summed E-state index contributed by atoms with van der Waals surface area (Å²) < 4.78 is 10.3. The molecule has 6 heteroatoms. The van der Waals surface area contributed by atoms with Gasteiger partial charge in [0.1, 0.15) is 5.75 Å². The summed E-state index contributed by atoms with van der Waals surface area (Å²) in [6.07, 6.45) is 0.676. The molecule has 0 aliphatic rings. The zero-order chi connectivity index (χ0) is 18.1. The smallest absolute Gasteiger partial charge is 0.307 e. The molecule has 24 heavy (non-hydrogen) atoms. The minimum Gasteiger partial charge on any atom is -0.483 e. The maximum absolute atomic E-state index is 12.5. The Balaban J connectivity index is 2.78. The molecule has 0 radical (unpaired) electrons. The third-order valence-electron chi connectivity index (χ3n) is 3.98. The number of nitrogens with zero attached hydrogens (tertiary/aromatic N) is 1. The van der Waals surface area contributed by atoms with Gasteiger partial charge in [0, 0.05) is 6.54 Å². The number of rotatable bonds is 9. The van der Waals surface area contributed by atoms with Crippen molar-refractivity contribution in [2.75, 3.05) is 26.9 Å². The minimum absolute atomic E-state index is 0.0854. The van der Waals surface area contributed by atoms with Gasteiger partial charge in [-0.15, -0.1) is 0 Å². The fourth-order valence-corrected chi connectivity index (χ4v) is 2.52. The summed E-state index contributed by atoms with van der Waals surface area (Å²) in [7, 11) is 1.31. The first-order valence-electron chi connectivity index (χ1n) is 8.10. The topological polar surface area (TPSA) is 76.1 Å². The van der Waals surface area contributed by atoms with Crippen molar-refractivity contribution in [3.63, 3.8) is 0 Å². The van der Waals surface area contributed by atoms with E-state index in [1.54, 1.807) is 0 Å². The molecule has 0 spiro atoms. The Labute approximate surface area is 143 Å². The average Bonchev–Trinajstić information content (AvgIpc) is 2.57. The lowest BCUT2D eigenvalue weighted by atomic mass is 10.1. The van der Waals surface area contributed by atoms with Crippen molar-refractivity contribution >= 4 is 11.9 Å². The van der Waals surface area contributed by atoms with Crippen LogP contribution in [0.2, 0.25) is 0 Å². The highest BCUT2D eigenvalue weighted by molar-refractivity contribution is 5.79. The number of aryl methyl sites for hydroxylation is 2. The van der Waals surface area contributed by atoms with E-state index in [9.17, 15) is 14.7 Å².